The highest BCUT2D eigenvalue weighted by atomic mass is 32.2. The molecule has 1 rings (SSSR count). The first-order valence-corrected chi connectivity index (χ1v) is 8.40. The molecule has 2 N–H and O–H groups in total. The monoisotopic (exact) mass is 293 g/mol. The third-order valence-electron chi connectivity index (χ3n) is 3.15. The molecule has 0 bridgehead atoms. The molecule has 1 aliphatic rings. The largest absolute Gasteiger partial charge is 0.381 e. The highest BCUT2D eigenvalue weighted by Gasteiger charge is 2.23. The van der Waals surface area contributed by atoms with Crippen LogP contribution < -0.4 is 10.0 Å². The van der Waals surface area contributed by atoms with Crippen LogP contribution in [0.2, 0.25) is 0 Å². The Balaban J connectivity index is 2.30. The van der Waals surface area contributed by atoms with E-state index in [4.69, 9.17) is 4.74 Å². The van der Waals surface area contributed by atoms with E-state index >= 15 is 0 Å². The predicted molar refractivity (Wildman–Crippen MR) is 76.3 cm³/mol. The molecule has 0 aromatic carbocycles. The van der Waals surface area contributed by atoms with Gasteiger partial charge < -0.3 is 10.1 Å². The first kappa shape index (κ1) is 16.8. The number of nitrogens with zero attached hydrogens (tertiary/aromatic N) is 1. The zero-order chi connectivity index (χ0) is 14.3. The van der Waals surface area contributed by atoms with Crippen LogP contribution in [0.1, 0.15) is 33.1 Å². The molecule has 1 fully saturated rings. The molecule has 0 aliphatic carbocycles. The third-order valence-corrected chi connectivity index (χ3v) is 4.78. The summed E-state index contributed by atoms with van der Waals surface area (Å²) in [6, 6.07) is 0.442. The van der Waals surface area contributed by atoms with E-state index in [0.717, 1.165) is 25.8 Å². The van der Waals surface area contributed by atoms with Crippen LogP contribution in [0.4, 0.5) is 0 Å². The smallest absolute Gasteiger partial charge is 0.279 e. The first-order chi connectivity index (χ1) is 8.92. The van der Waals surface area contributed by atoms with Crippen molar-refractivity contribution in [2.45, 2.75) is 45.2 Å². The quantitative estimate of drug-likeness (QED) is 0.632. The van der Waals surface area contributed by atoms with Crippen LogP contribution >= 0.6 is 0 Å². The van der Waals surface area contributed by atoms with Crippen molar-refractivity contribution in [1.29, 1.82) is 0 Å². The Bertz CT molecular complexity index is 340. The Morgan fingerprint density at radius 2 is 1.95 bits per heavy atom. The van der Waals surface area contributed by atoms with Crippen molar-refractivity contribution in [3.8, 4) is 0 Å². The number of nitrogens with one attached hydrogen (secondary N) is 2. The summed E-state index contributed by atoms with van der Waals surface area (Å²) in [6.45, 7) is 6.78. The van der Waals surface area contributed by atoms with E-state index in [9.17, 15) is 8.42 Å². The lowest BCUT2D eigenvalue weighted by Gasteiger charge is -2.26. The van der Waals surface area contributed by atoms with Gasteiger partial charge in [0.15, 0.2) is 0 Å². The van der Waals surface area contributed by atoms with Gasteiger partial charge in [-0.2, -0.15) is 17.4 Å². The minimum Gasteiger partial charge on any atom is -0.381 e. The minimum absolute atomic E-state index is 0.00925. The average molecular weight is 293 g/mol. The van der Waals surface area contributed by atoms with E-state index in [1.54, 1.807) is 7.05 Å². The van der Waals surface area contributed by atoms with Gasteiger partial charge in [-0.25, -0.2) is 0 Å². The van der Waals surface area contributed by atoms with Gasteiger partial charge in [0.25, 0.3) is 10.2 Å². The summed E-state index contributed by atoms with van der Waals surface area (Å²) < 4.78 is 33.5. The Morgan fingerprint density at radius 1 is 1.32 bits per heavy atom. The fourth-order valence-electron chi connectivity index (χ4n) is 1.93. The Labute approximate surface area is 117 Å². The number of hydrogen-bond acceptors (Lipinski definition) is 4. The van der Waals surface area contributed by atoms with Crippen molar-refractivity contribution >= 4 is 10.2 Å². The first-order valence-electron chi connectivity index (χ1n) is 6.96. The standard InChI is InChI=1S/C12H27N3O3S/c1-11(2)13-7-4-8-15(3)19(16,17)14-12-5-9-18-10-6-12/h11-14H,4-10H2,1-3H3. The molecular weight excluding hydrogens is 266 g/mol. The van der Waals surface area contributed by atoms with Gasteiger partial charge in [-0.3, -0.25) is 0 Å². The van der Waals surface area contributed by atoms with Gasteiger partial charge >= 0.3 is 0 Å². The lowest BCUT2D eigenvalue weighted by atomic mass is 10.1. The van der Waals surface area contributed by atoms with Crippen molar-refractivity contribution < 1.29 is 13.2 Å². The van der Waals surface area contributed by atoms with E-state index in [1.165, 1.54) is 4.31 Å². The van der Waals surface area contributed by atoms with E-state index in [2.05, 4.69) is 23.9 Å². The second kappa shape index (κ2) is 8.16. The summed E-state index contributed by atoms with van der Waals surface area (Å²) in [5.74, 6) is 0. The topological polar surface area (TPSA) is 70.7 Å². The molecule has 1 saturated heterocycles. The summed E-state index contributed by atoms with van der Waals surface area (Å²) >= 11 is 0. The maximum atomic E-state index is 12.1. The molecule has 1 heterocycles. The van der Waals surface area contributed by atoms with Gasteiger partial charge in [-0.05, 0) is 25.8 Å². The Hall–Kier alpha value is -0.210. The van der Waals surface area contributed by atoms with Crippen molar-refractivity contribution in [1.82, 2.24) is 14.3 Å². The molecule has 7 heteroatoms. The number of ether oxygens (including phenoxy) is 1. The molecule has 1 aliphatic heterocycles. The van der Waals surface area contributed by atoms with Gasteiger partial charge in [0.2, 0.25) is 0 Å². The normalized spacial score (nSPS) is 18.4. The lowest BCUT2D eigenvalue weighted by Crippen LogP contribution is -2.46. The van der Waals surface area contributed by atoms with Gasteiger partial charge in [-0.15, -0.1) is 0 Å². The molecule has 0 spiro atoms. The number of rotatable bonds is 8. The number of hydrogen-bond donors (Lipinski definition) is 2. The van der Waals surface area contributed by atoms with Crippen LogP contribution in [0.15, 0.2) is 0 Å². The van der Waals surface area contributed by atoms with Crippen LogP contribution in [0.3, 0.4) is 0 Å². The molecule has 0 aromatic heterocycles. The zero-order valence-corrected chi connectivity index (χ0v) is 13.0. The zero-order valence-electron chi connectivity index (χ0n) is 12.2. The third kappa shape index (κ3) is 6.67. The molecule has 0 atom stereocenters. The second-order valence-electron chi connectivity index (χ2n) is 5.29. The molecule has 0 amide bonds. The molecule has 0 saturated carbocycles. The maximum absolute atomic E-state index is 12.1. The molecule has 0 radical (unpaired) electrons. The summed E-state index contributed by atoms with van der Waals surface area (Å²) in [4.78, 5) is 0. The molecular formula is C12H27N3O3S. The maximum Gasteiger partial charge on any atom is 0.279 e. The van der Waals surface area contributed by atoms with Crippen LogP contribution in [-0.2, 0) is 14.9 Å². The van der Waals surface area contributed by atoms with Crippen molar-refractivity contribution in [3.05, 3.63) is 0 Å². The summed E-state index contributed by atoms with van der Waals surface area (Å²) in [5, 5.41) is 3.28. The van der Waals surface area contributed by atoms with Gasteiger partial charge in [0.05, 0.1) is 0 Å². The predicted octanol–water partition coefficient (Wildman–Crippen LogP) is 0.320. The average Bonchev–Trinajstić information content (AvgIpc) is 2.34. The van der Waals surface area contributed by atoms with Crippen molar-refractivity contribution in [3.63, 3.8) is 0 Å². The van der Waals surface area contributed by atoms with Crippen LogP contribution in [0, 0.1) is 0 Å². The summed E-state index contributed by atoms with van der Waals surface area (Å²) in [6.07, 6.45) is 2.31. The van der Waals surface area contributed by atoms with Crippen molar-refractivity contribution in [2.24, 2.45) is 0 Å². The van der Waals surface area contributed by atoms with Gasteiger partial charge in [0.1, 0.15) is 0 Å². The summed E-state index contributed by atoms with van der Waals surface area (Å²) in [5.41, 5.74) is 0. The fourth-order valence-corrected chi connectivity index (χ4v) is 3.14. The Kier molecular flexibility index (Phi) is 7.23. The Morgan fingerprint density at radius 3 is 2.53 bits per heavy atom. The van der Waals surface area contributed by atoms with Crippen LogP contribution in [0.25, 0.3) is 0 Å². The molecule has 0 aromatic rings. The second-order valence-corrected chi connectivity index (χ2v) is 7.10. The molecule has 114 valence electrons. The highest BCUT2D eigenvalue weighted by molar-refractivity contribution is 7.87. The van der Waals surface area contributed by atoms with Crippen LogP contribution in [-0.4, -0.2) is 58.2 Å². The van der Waals surface area contributed by atoms with E-state index < -0.39 is 10.2 Å². The fraction of sp³-hybridized carbons (Fsp3) is 1.00. The summed E-state index contributed by atoms with van der Waals surface area (Å²) in [7, 11) is -1.74. The van der Waals surface area contributed by atoms with Gasteiger partial charge in [-0.1, -0.05) is 13.8 Å². The minimum atomic E-state index is -3.36. The highest BCUT2D eigenvalue weighted by Crippen LogP contribution is 2.08. The molecule has 19 heavy (non-hydrogen) atoms. The SMILES string of the molecule is CC(C)NCCCN(C)S(=O)(=O)NC1CCOCC1. The van der Waals surface area contributed by atoms with Gasteiger partial charge in [0, 0.05) is 38.9 Å². The van der Waals surface area contributed by atoms with Crippen molar-refractivity contribution in [2.75, 3.05) is 33.4 Å². The van der Waals surface area contributed by atoms with E-state index in [0.29, 0.717) is 25.8 Å². The lowest BCUT2D eigenvalue weighted by molar-refractivity contribution is 0.0828. The molecule has 0 unspecified atom stereocenters. The van der Waals surface area contributed by atoms with E-state index in [1.807, 2.05) is 0 Å². The van der Waals surface area contributed by atoms with Crippen LogP contribution in [0.5, 0.6) is 0 Å². The van der Waals surface area contributed by atoms with E-state index in [-0.39, 0.29) is 6.04 Å². The molecule has 6 nitrogen and oxygen atoms in total.